The minimum atomic E-state index is -0.862. The molecule has 1 atom stereocenters. The maximum Gasteiger partial charge on any atom is 0.303 e. The number of nitrogens with one attached hydrogen (secondary N) is 1. The van der Waals surface area contributed by atoms with Crippen LogP contribution in [0, 0.1) is 5.92 Å². The third-order valence-corrected chi connectivity index (χ3v) is 4.71. The van der Waals surface area contributed by atoms with Gasteiger partial charge >= 0.3 is 5.97 Å². The second kappa shape index (κ2) is 9.30. The highest BCUT2D eigenvalue weighted by Gasteiger charge is 2.37. The molecule has 25 heavy (non-hydrogen) atoms. The summed E-state index contributed by atoms with van der Waals surface area (Å²) in [5, 5.41) is 11.8. The Hall–Kier alpha value is -2.24. The summed E-state index contributed by atoms with van der Waals surface area (Å²) in [5.74, 6) is 0.111. The van der Waals surface area contributed by atoms with Crippen molar-refractivity contribution in [3.63, 3.8) is 0 Å². The monoisotopic (exact) mass is 351 g/mol. The Morgan fingerprint density at radius 3 is 2.24 bits per heavy atom. The van der Waals surface area contributed by atoms with Crippen LogP contribution in [0.25, 0.3) is 0 Å². The molecule has 0 bridgehead atoms. The maximum absolute atomic E-state index is 12.9. The topological polar surface area (TPSA) is 84.9 Å². The number of carbonyl (C=O) groups excluding carboxylic acids is 1. The van der Waals surface area contributed by atoms with E-state index in [0.29, 0.717) is 30.9 Å². The van der Waals surface area contributed by atoms with Crippen LogP contribution in [0.2, 0.25) is 0 Å². The van der Waals surface area contributed by atoms with Gasteiger partial charge in [0.05, 0.1) is 19.6 Å². The van der Waals surface area contributed by atoms with E-state index < -0.39 is 11.4 Å². The first kappa shape index (κ1) is 20.8. The zero-order chi connectivity index (χ0) is 19.0. The first-order valence-corrected chi connectivity index (χ1v) is 8.57. The SMILES string of the molecule is CCC(CC)(C(=O)NCC(C)CC(=O)O)c1ccc(OC)c(OC)c1. The molecule has 0 heterocycles. The van der Waals surface area contributed by atoms with Gasteiger partial charge in [-0.05, 0) is 36.5 Å². The van der Waals surface area contributed by atoms with Gasteiger partial charge in [-0.2, -0.15) is 0 Å². The Morgan fingerprint density at radius 2 is 1.76 bits per heavy atom. The molecule has 6 heteroatoms. The number of methoxy groups -OCH3 is 2. The average molecular weight is 351 g/mol. The van der Waals surface area contributed by atoms with Crippen molar-refractivity contribution in [2.45, 2.75) is 45.4 Å². The largest absolute Gasteiger partial charge is 0.493 e. The summed E-state index contributed by atoms with van der Waals surface area (Å²) in [4.78, 5) is 23.7. The summed E-state index contributed by atoms with van der Waals surface area (Å²) in [6.45, 7) is 6.09. The predicted molar refractivity (Wildman–Crippen MR) is 96.2 cm³/mol. The quantitative estimate of drug-likeness (QED) is 0.677. The molecule has 0 spiro atoms. The van der Waals surface area contributed by atoms with Gasteiger partial charge in [0.25, 0.3) is 0 Å². The minimum Gasteiger partial charge on any atom is -0.493 e. The molecule has 0 saturated carbocycles. The van der Waals surface area contributed by atoms with Crippen molar-refractivity contribution in [3.8, 4) is 11.5 Å². The molecule has 0 aliphatic heterocycles. The number of carbonyl (C=O) groups is 2. The van der Waals surface area contributed by atoms with E-state index in [0.717, 1.165) is 5.56 Å². The Bertz CT molecular complexity index is 595. The van der Waals surface area contributed by atoms with Crippen molar-refractivity contribution in [2.75, 3.05) is 20.8 Å². The summed E-state index contributed by atoms with van der Waals surface area (Å²) in [5.41, 5.74) is 0.168. The van der Waals surface area contributed by atoms with E-state index in [1.807, 2.05) is 32.9 Å². The van der Waals surface area contributed by atoms with Crippen molar-refractivity contribution in [2.24, 2.45) is 5.92 Å². The van der Waals surface area contributed by atoms with E-state index in [2.05, 4.69) is 5.32 Å². The van der Waals surface area contributed by atoms with Crippen molar-refractivity contribution in [1.29, 1.82) is 0 Å². The van der Waals surface area contributed by atoms with Crippen LogP contribution in [0.3, 0.4) is 0 Å². The summed E-state index contributed by atoms with van der Waals surface area (Å²) in [6.07, 6.45) is 1.28. The third kappa shape index (κ3) is 4.87. The van der Waals surface area contributed by atoms with E-state index in [1.54, 1.807) is 20.3 Å². The Kier molecular flexibility index (Phi) is 7.74. The maximum atomic E-state index is 12.9. The molecule has 140 valence electrons. The van der Waals surface area contributed by atoms with Crippen LogP contribution in [0.15, 0.2) is 18.2 Å². The van der Waals surface area contributed by atoms with Crippen molar-refractivity contribution in [1.82, 2.24) is 5.32 Å². The Labute approximate surface area is 149 Å². The lowest BCUT2D eigenvalue weighted by atomic mass is 9.74. The van der Waals surface area contributed by atoms with Crippen LogP contribution in [0.5, 0.6) is 11.5 Å². The Morgan fingerprint density at radius 1 is 1.16 bits per heavy atom. The van der Waals surface area contributed by atoms with Crippen molar-refractivity contribution in [3.05, 3.63) is 23.8 Å². The standard InChI is InChI=1S/C19H29NO5/c1-6-19(7-2,18(23)20-12-13(3)10-17(21)22)14-8-9-15(24-4)16(11-14)25-5/h8-9,11,13H,6-7,10,12H2,1-5H3,(H,20,23)(H,21,22). The lowest BCUT2D eigenvalue weighted by molar-refractivity contribution is -0.138. The van der Waals surface area contributed by atoms with E-state index in [1.165, 1.54) is 0 Å². The smallest absolute Gasteiger partial charge is 0.303 e. The van der Waals surface area contributed by atoms with Crippen LogP contribution in [-0.4, -0.2) is 37.7 Å². The van der Waals surface area contributed by atoms with Gasteiger partial charge in [-0.3, -0.25) is 9.59 Å². The van der Waals surface area contributed by atoms with Gasteiger partial charge in [0.15, 0.2) is 11.5 Å². The van der Waals surface area contributed by atoms with Crippen LogP contribution in [0.1, 0.15) is 45.6 Å². The second-order valence-corrected chi connectivity index (χ2v) is 6.27. The molecule has 0 fully saturated rings. The van der Waals surface area contributed by atoms with Crippen molar-refractivity contribution >= 4 is 11.9 Å². The third-order valence-electron chi connectivity index (χ3n) is 4.71. The molecule has 0 saturated heterocycles. The summed E-state index contributed by atoms with van der Waals surface area (Å²) >= 11 is 0. The zero-order valence-electron chi connectivity index (χ0n) is 15.7. The number of carboxylic acids is 1. The van der Waals surface area contributed by atoms with Crippen LogP contribution in [0.4, 0.5) is 0 Å². The van der Waals surface area contributed by atoms with Gasteiger partial charge in [-0.25, -0.2) is 0 Å². The first-order chi connectivity index (χ1) is 11.8. The lowest BCUT2D eigenvalue weighted by Crippen LogP contribution is -2.45. The fraction of sp³-hybridized carbons (Fsp3) is 0.579. The number of ether oxygens (including phenoxy) is 2. The molecule has 1 rings (SSSR count). The molecule has 2 N–H and O–H groups in total. The van der Waals surface area contributed by atoms with Gasteiger partial charge in [-0.1, -0.05) is 26.8 Å². The second-order valence-electron chi connectivity index (χ2n) is 6.27. The predicted octanol–water partition coefficient (Wildman–Crippen LogP) is 2.99. The van der Waals surface area contributed by atoms with E-state index >= 15 is 0 Å². The first-order valence-electron chi connectivity index (χ1n) is 8.57. The fourth-order valence-electron chi connectivity index (χ4n) is 3.05. The summed E-state index contributed by atoms with van der Waals surface area (Å²) in [7, 11) is 3.13. The fourth-order valence-corrected chi connectivity index (χ4v) is 3.05. The van der Waals surface area contributed by atoms with Gasteiger partial charge < -0.3 is 19.9 Å². The Balaban J connectivity index is 3.06. The molecule has 0 aliphatic rings. The van der Waals surface area contributed by atoms with Gasteiger partial charge in [0.2, 0.25) is 5.91 Å². The highest BCUT2D eigenvalue weighted by Crippen LogP contribution is 2.37. The summed E-state index contributed by atoms with van der Waals surface area (Å²) in [6, 6.07) is 5.52. The molecule has 0 aliphatic carbocycles. The number of rotatable bonds is 10. The number of hydrogen-bond acceptors (Lipinski definition) is 4. The molecule has 1 aromatic carbocycles. The number of hydrogen-bond donors (Lipinski definition) is 2. The molecule has 1 amide bonds. The van der Waals surface area contributed by atoms with E-state index in [9.17, 15) is 9.59 Å². The highest BCUT2D eigenvalue weighted by atomic mass is 16.5. The van der Waals surface area contributed by atoms with Crippen LogP contribution >= 0.6 is 0 Å². The molecule has 0 radical (unpaired) electrons. The molecule has 6 nitrogen and oxygen atoms in total. The zero-order valence-corrected chi connectivity index (χ0v) is 15.7. The number of amides is 1. The molecular formula is C19H29NO5. The van der Waals surface area contributed by atoms with E-state index in [4.69, 9.17) is 14.6 Å². The van der Waals surface area contributed by atoms with Gasteiger partial charge in [-0.15, -0.1) is 0 Å². The summed E-state index contributed by atoms with van der Waals surface area (Å²) < 4.78 is 10.6. The number of aliphatic carboxylic acids is 1. The van der Waals surface area contributed by atoms with E-state index in [-0.39, 0.29) is 18.2 Å². The van der Waals surface area contributed by atoms with Gasteiger partial charge in [0, 0.05) is 13.0 Å². The molecule has 1 unspecified atom stereocenters. The van der Waals surface area contributed by atoms with Crippen LogP contribution in [-0.2, 0) is 15.0 Å². The number of carboxylic acid groups (broad SMARTS) is 1. The highest BCUT2D eigenvalue weighted by molar-refractivity contribution is 5.88. The van der Waals surface area contributed by atoms with Crippen molar-refractivity contribution < 1.29 is 24.2 Å². The lowest BCUT2D eigenvalue weighted by Gasteiger charge is -2.32. The molecular weight excluding hydrogens is 322 g/mol. The molecule has 0 aromatic heterocycles. The minimum absolute atomic E-state index is 0.0297. The number of benzene rings is 1. The van der Waals surface area contributed by atoms with Crippen LogP contribution < -0.4 is 14.8 Å². The normalized spacial score (nSPS) is 12.4. The average Bonchev–Trinajstić information content (AvgIpc) is 2.60. The molecule has 1 aromatic rings. The van der Waals surface area contributed by atoms with Gasteiger partial charge in [0.1, 0.15) is 0 Å².